The summed E-state index contributed by atoms with van der Waals surface area (Å²) in [5.74, 6) is 0.527. The Morgan fingerprint density at radius 3 is 2.42 bits per heavy atom. The summed E-state index contributed by atoms with van der Waals surface area (Å²) < 4.78 is 0. The van der Waals surface area contributed by atoms with Crippen molar-refractivity contribution in [2.45, 2.75) is 13.0 Å². The van der Waals surface area contributed by atoms with Crippen molar-refractivity contribution in [1.82, 2.24) is 9.97 Å². The Kier molecular flexibility index (Phi) is 4.43. The molecule has 96 valence electrons. The molecule has 19 heavy (non-hydrogen) atoms. The van der Waals surface area contributed by atoms with E-state index in [0.29, 0.717) is 24.5 Å². The lowest BCUT2D eigenvalue weighted by Crippen LogP contribution is -2.20. The molecule has 0 aliphatic rings. The minimum Gasteiger partial charge on any atom is -0.392 e. The van der Waals surface area contributed by atoms with Crippen molar-refractivity contribution in [3.63, 3.8) is 0 Å². The SMILES string of the molecule is N#CCCN(c1ccccc1)c1ncc(CO)cn1. The molecule has 1 heterocycles. The Bertz CT molecular complexity index is 548. The lowest BCUT2D eigenvalue weighted by Gasteiger charge is -2.21. The van der Waals surface area contributed by atoms with Gasteiger partial charge in [0.1, 0.15) is 0 Å². The number of nitrogens with zero attached hydrogens (tertiary/aromatic N) is 4. The van der Waals surface area contributed by atoms with Crippen molar-refractivity contribution < 1.29 is 5.11 Å². The molecule has 0 aliphatic heterocycles. The zero-order valence-electron chi connectivity index (χ0n) is 10.4. The molecule has 5 heteroatoms. The van der Waals surface area contributed by atoms with Gasteiger partial charge < -0.3 is 10.0 Å². The number of hydrogen-bond acceptors (Lipinski definition) is 5. The molecule has 2 aromatic rings. The summed E-state index contributed by atoms with van der Waals surface area (Å²) in [4.78, 5) is 10.3. The maximum absolute atomic E-state index is 8.99. The molecule has 0 saturated carbocycles. The summed E-state index contributed by atoms with van der Waals surface area (Å²) in [5, 5.41) is 17.7. The average Bonchev–Trinajstić information content (AvgIpc) is 2.49. The van der Waals surface area contributed by atoms with E-state index in [1.165, 1.54) is 0 Å². The van der Waals surface area contributed by atoms with Gasteiger partial charge in [0.25, 0.3) is 0 Å². The van der Waals surface area contributed by atoms with E-state index in [-0.39, 0.29) is 6.61 Å². The fraction of sp³-hybridized carbons (Fsp3) is 0.214. The van der Waals surface area contributed by atoms with Gasteiger partial charge in [0.15, 0.2) is 0 Å². The molecule has 0 aliphatic carbocycles. The maximum Gasteiger partial charge on any atom is 0.229 e. The Morgan fingerprint density at radius 1 is 1.16 bits per heavy atom. The van der Waals surface area contributed by atoms with E-state index in [0.717, 1.165) is 5.69 Å². The smallest absolute Gasteiger partial charge is 0.229 e. The Morgan fingerprint density at radius 2 is 1.84 bits per heavy atom. The molecule has 1 N–H and O–H groups in total. The van der Waals surface area contributed by atoms with Gasteiger partial charge in [-0.3, -0.25) is 0 Å². The normalized spacial score (nSPS) is 9.89. The third kappa shape index (κ3) is 3.27. The number of aliphatic hydroxyl groups is 1. The van der Waals surface area contributed by atoms with Crippen LogP contribution in [-0.2, 0) is 6.61 Å². The van der Waals surface area contributed by atoms with E-state index in [9.17, 15) is 0 Å². The standard InChI is InChI=1S/C14H14N4O/c15-7-4-8-18(13-5-2-1-3-6-13)14-16-9-12(11-19)10-17-14/h1-3,5-6,9-10,19H,4,8,11H2. The molecule has 0 atom stereocenters. The van der Waals surface area contributed by atoms with Crippen molar-refractivity contribution in [3.05, 3.63) is 48.3 Å². The predicted molar refractivity (Wildman–Crippen MR) is 71.6 cm³/mol. The second-order valence-corrected chi connectivity index (χ2v) is 3.94. The second-order valence-electron chi connectivity index (χ2n) is 3.94. The van der Waals surface area contributed by atoms with E-state index in [1.807, 2.05) is 35.2 Å². The highest BCUT2D eigenvalue weighted by Gasteiger charge is 2.11. The van der Waals surface area contributed by atoms with E-state index < -0.39 is 0 Å². The molecule has 0 unspecified atom stereocenters. The average molecular weight is 254 g/mol. The zero-order valence-corrected chi connectivity index (χ0v) is 10.4. The van der Waals surface area contributed by atoms with Gasteiger partial charge in [0.2, 0.25) is 5.95 Å². The Balaban J connectivity index is 2.29. The van der Waals surface area contributed by atoms with Gasteiger partial charge in [0.05, 0.1) is 19.1 Å². The molecule has 0 amide bonds. The number of anilines is 2. The minimum atomic E-state index is -0.0796. The van der Waals surface area contributed by atoms with Gasteiger partial charge in [-0.2, -0.15) is 5.26 Å². The summed E-state index contributed by atoms with van der Waals surface area (Å²) in [6.45, 7) is 0.447. The van der Waals surface area contributed by atoms with Crippen molar-refractivity contribution >= 4 is 11.6 Å². The molecule has 1 aromatic heterocycles. The summed E-state index contributed by atoms with van der Waals surface area (Å²) in [5.41, 5.74) is 1.60. The molecular weight excluding hydrogens is 240 g/mol. The van der Waals surface area contributed by atoms with Gasteiger partial charge in [-0.05, 0) is 12.1 Å². The van der Waals surface area contributed by atoms with Crippen molar-refractivity contribution in [2.24, 2.45) is 0 Å². The molecule has 1 aromatic carbocycles. The van der Waals surface area contributed by atoms with Crippen LogP contribution in [0.2, 0.25) is 0 Å². The Labute approximate surface area is 111 Å². The summed E-state index contributed by atoms with van der Waals surface area (Å²) in [7, 11) is 0. The largest absolute Gasteiger partial charge is 0.392 e. The lowest BCUT2D eigenvalue weighted by atomic mass is 10.3. The van der Waals surface area contributed by atoms with E-state index >= 15 is 0 Å². The summed E-state index contributed by atoms with van der Waals surface area (Å²) >= 11 is 0. The van der Waals surface area contributed by atoms with Crippen LogP contribution in [0, 0.1) is 11.3 Å². The van der Waals surface area contributed by atoms with Gasteiger partial charge in [-0.1, -0.05) is 18.2 Å². The molecule has 0 saturated heterocycles. The summed E-state index contributed by atoms with van der Waals surface area (Å²) in [6.07, 6.45) is 3.56. The van der Waals surface area contributed by atoms with Crippen LogP contribution in [0.25, 0.3) is 0 Å². The molecule has 5 nitrogen and oxygen atoms in total. The third-order valence-electron chi connectivity index (χ3n) is 2.63. The van der Waals surface area contributed by atoms with Crippen LogP contribution in [0.15, 0.2) is 42.7 Å². The number of hydrogen-bond donors (Lipinski definition) is 1. The number of nitriles is 1. The number of para-hydroxylation sites is 1. The topological polar surface area (TPSA) is 73.0 Å². The van der Waals surface area contributed by atoms with Gasteiger partial charge >= 0.3 is 0 Å². The predicted octanol–water partition coefficient (Wildman–Crippen LogP) is 2.02. The first-order chi connectivity index (χ1) is 9.35. The van der Waals surface area contributed by atoms with E-state index in [2.05, 4.69) is 16.0 Å². The van der Waals surface area contributed by atoms with Crippen LogP contribution in [-0.4, -0.2) is 21.6 Å². The van der Waals surface area contributed by atoms with Gasteiger partial charge in [-0.25, -0.2) is 9.97 Å². The number of aliphatic hydroxyl groups excluding tert-OH is 1. The zero-order chi connectivity index (χ0) is 13.5. The van der Waals surface area contributed by atoms with Crippen molar-refractivity contribution in [1.29, 1.82) is 5.26 Å². The van der Waals surface area contributed by atoms with Crippen LogP contribution in [0.5, 0.6) is 0 Å². The fourth-order valence-corrected chi connectivity index (χ4v) is 1.68. The molecule has 2 rings (SSSR count). The second kappa shape index (κ2) is 6.47. The first kappa shape index (κ1) is 13.0. The Hall–Kier alpha value is -2.45. The highest BCUT2D eigenvalue weighted by molar-refractivity contribution is 5.56. The van der Waals surface area contributed by atoms with Crippen LogP contribution in [0.4, 0.5) is 11.6 Å². The molecule has 0 bridgehead atoms. The highest BCUT2D eigenvalue weighted by atomic mass is 16.3. The van der Waals surface area contributed by atoms with Crippen LogP contribution >= 0.6 is 0 Å². The minimum absolute atomic E-state index is 0.0796. The highest BCUT2D eigenvalue weighted by Crippen LogP contribution is 2.21. The first-order valence-electron chi connectivity index (χ1n) is 5.96. The summed E-state index contributed by atoms with van der Waals surface area (Å²) in [6, 6.07) is 11.8. The van der Waals surface area contributed by atoms with Crippen LogP contribution < -0.4 is 4.90 Å². The third-order valence-corrected chi connectivity index (χ3v) is 2.63. The van der Waals surface area contributed by atoms with Gasteiger partial charge in [-0.15, -0.1) is 0 Å². The van der Waals surface area contributed by atoms with E-state index in [1.54, 1.807) is 12.4 Å². The van der Waals surface area contributed by atoms with Gasteiger partial charge in [0, 0.05) is 30.2 Å². The first-order valence-corrected chi connectivity index (χ1v) is 5.96. The maximum atomic E-state index is 8.99. The van der Waals surface area contributed by atoms with Crippen molar-refractivity contribution in [3.8, 4) is 6.07 Å². The molecule has 0 spiro atoms. The molecule has 0 fully saturated rings. The number of rotatable bonds is 5. The van der Waals surface area contributed by atoms with E-state index in [4.69, 9.17) is 10.4 Å². The lowest BCUT2D eigenvalue weighted by molar-refractivity contribution is 0.281. The molecule has 0 radical (unpaired) electrons. The van der Waals surface area contributed by atoms with Crippen LogP contribution in [0.1, 0.15) is 12.0 Å². The fourth-order valence-electron chi connectivity index (χ4n) is 1.68. The quantitative estimate of drug-likeness (QED) is 0.883. The van der Waals surface area contributed by atoms with Crippen molar-refractivity contribution in [2.75, 3.05) is 11.4 Å². The monoisotopic (exact) mass is 254 g/mol. The molecular formula is C14H14N4O. The van der Waals surface area contributed by atoms with Crippen LogP contribution in [0.3, 0.4) is 0 Å². The number of aromatic nitrogens is 2. The number of benzene rings is 1.